The molecule has 5 heteroatoms. The van der Waals surface area contributed by atoms with Gasteiger partial charge in [-0.25, -0.2) is 0 Å². The first kappa shape index (κ1) is 11.4. The normalized spacial score (nSPS) is 15.4. The second kappa shape index (κ2) is 4.55. The van der Waals surface area contributed by atoms with E-state index in [1.54, 1.807) is 12.1 Å². The zero-order chi connectivity index (χ0) is 12.5. The van der Waals surface area contributed by atoms with Crippen molar-refractivity contribution in [2.24, 2.45) is 5.73 Å². The number of furan rings is 1. The predicted molar refractivity (Wildman–Crippen MR) is 67.2 cm³/mol. The molecule has 0 radical (unpaired) electrons. The topological polar surface area (TPSA) is 57.6 Å². The molecule has 94 valence electrons. The van der Waals surface area contributed by atoms with Gasteiger partial charge in [0.1, 0.15) is 19.0 Å². The minimum Gasteiger partial charge on any atom is -0.486 e. The van der Waals surface area contributed by atoms with Gasteiger partial charge in [-0.3, -0.25) is 0 Å². The van der Waals surface area contributed by atoms with E-state index in [-0.39, 0.29) is 6.04 Å². The monoisotopic (exact) mass is 265 g/mol. The lowest BCUT2D eigenvalue weighted by molar-refractivity contribution is 0.171. The van der Waals surface area contributed by atoms with Gasteiger partial charge in [0.15, 0.2) is 16.7 Å². The molecule has 2 heterocycles. The summed E-state index contributed by atoms with van der Waals surface area (Å²) in [6.45, 7) is 1.13. The Hall–Kier alpha value is -1.65. The molecule has 1 aromatic carbocycles. The van der Waals surface area contributed by atoms with Crippen molar-refractivity contribution in [3.63, 3.8) is 0 Å². The Labute approximate surface area is 109 Å². The molecular weight excluding hydrogens is 254 g/mol. The molecule has 1 aromatic heterocycles. The Balaban J connectivity index is 1.92. The van der Waals surface area contributed by atoms with Gasteiger partial charge >= 0.3 is 0 Å². The molecule has 0 spiro atoms. The van der Waals surface area contributed by atoms with E-state index in [0.29, 0.717) is 29.9 Å². The summed E-state index contributed by atoms with van der Waals surface area (Å²) in [5.41, 5.74) is 7.01. The van der Waals surface area contributed by atoms with Crippen LogP contribution in [-0.4, -0.2) is 13.2 Å². The molecule has 4 nitrogen and oxygen atoms in total. The Morgan fingerprint density at radius 1 is 1.06 bits per heavy atom. The van der Waals surface area contributed by atoms with Gasteiger partial charge < -0.3 is 19.6 Å². The largest absolute Gasteiger partial charge is 0.486 e. The molecular formula is C13H12ClNO3. The molecule has 0 aliphatic carbocycles. The first-order valence-corrected chi connectivity index (χ1v) is 6.02. The Morgan fingerprint density at radius 3 is 2.56 bits per heavy atom. The van der Waals surface area contributed by atoms with Gasteiger partial charge in [-0.1, -0.05) is 6.07 Å². The molecule has 0 saturated heterocycles. The maximum Gasteiger partial charge on any atom is 0.193 e. The number of benzene rings is 1. The molecule has 18 heavy (non-hydrogen) atoms. The zero-order valence-corrected chi connectivity index (χ0v) is 10.3. The van der Waals surface area contributed by atoms with Crippen LogP contribution in [0.5, 0.6) is 11.5 Å². The lowest BCUT2D eigenvalue weighted by Gasteiger charge is -2.20. The van der Waals surface area contributed by atoms with Crippen LogP contribution in [0.25, 0.3) is 0 Å². The summed E-state index contributed by atoms with van der Waals surface area (Å²) in [6.07, 6.45) is 0. The Kier molecular flexibility index (Phi) is 2.89. The van der Waals surface area contributed by atoms with Crippen molar-refractivity contribution in [1.82, 2.24) is 0 Å². The van der Waals surface area contributed by atoms with Gasteiger partial charge in [-0.2, -0.15) is 0 Å². The van der Waals surface area contributed by atoms with Gasteiger partial charge in [-0.05, 0) is 41.4 Å². The molecule has 3 rings (SSSR count). The Bertz CT molecular complexity index is 567. The molecule has 0 fully saturated rings. The standard InChI is InChI=1S/C13H12ClNO3/c14-12-4-3-10(18-12)13(15)8-1-2-9-11(7-8)17-6-5-16-9/h1-4,7,13H,5-6,15H2. The third kappa shape index (κ3) is 2.05. The third-order valence-electron chi connectivity index (χ3n) is 2.83. The van der Waals surface area contributed by atoms with Crippen LogP contribution in [0.3, 0.4) is 0 Å². The maximum absolute atomic E-state index is 6.11. The van der Waals surface area contributed by atoms with Crippen LogP contribution >= 0.6 is 11.6 Å². The van der Waals surface area contributed by atoms with E-state index in [1.807, 2.05) is 18.2 Å². The van der Waals surface area contributed by atoms with E-state index >= 15 is 0 Å². The van der Waals surface area contributed by atoms with Crippen molar-refractivity contribution in [3.05, 3.63) is 46.9 Å². The van der Waals surface area contributed by atoms with Crippen molar-refractivity contribution in [2.45, 2.75) is 6.04 Å². The van der Waals surface area contributed by atoms with Gasteiger partial charge in [0, 0.05) is 0 Å². The summed E-state index contributed by atoms with van der Waals surface area (Å²) in [6, 6.07) is 8.70. The van der Waals surface area contributed by atoms with Gasteiger partial charge in [0.2, 0.25) is 0 Å². The molecule has 0 saturated carbocycles. The number of ether oxygens (including phenoxy) is 2. The fraction of sp³-hybridized carbons (Fsp3) is 0.231. The van der Waals surface area contributed by atoms with Crippen LogP contribution < -0.4 is 15.2 Å². The fourth-order valence-electron chi connectivity index (χ4n) is 1.91. The quantitative estimate of drug-likeness (QED) is 0.907. The molecule has 1 aliphatic heterocycles. The lowest BCUT2D eigenvalue weighted by Crippen LogP contribution is -2.17. The minimum absolute atomic E-state index is 0.331. The highest BCUT2D eigenvalue weighted by atomic mass is 35.5. The summed E-state index contributed by atoms with van der Waals surface area (Å²) in [4.78, 5) is 0. The number of hydrogen-bond acceptors (Lipinski definition) is 4. The summed E-state index contributed by atoms with van der Waals surface area (Å²) >= 11 is 5.74. The maximum atomic E-state index is 6.11. The molecule has 1 atom stereocenters. The van der Waals surface area contributed by atoms with E-state index in [0.717, 1.165) is 11.3 Å². The smallest absolute Gasteiger partial charge is 0.193 e. The minimum atomic E-state index is -0.367. The summed E-state index contributed by atoms with van der Waals surface area (Å²) in [5, 5.41) is 0.331. The zero-order valence-electron chi connectivity index (χ0n) is 9.56. The lowest BCUT2D eigenvalue weighted by atomic mass is 10.0. The van der Waals surface area contributed by atoms with Crippen LogP contribution in [0.2, 0.25) is 5.22 Å². The number of hydrogen-bond donors (Lipinski definition) is 1. The van der Waals surface area contributed by atoms with Gasteiger partial charge in [0.05, 0.1) is 6.04 Å². The van der Waals surface area contributed by atoms with Crippen LogP contribution in [0.1, 0.15) is 17.4 Å². The Morgan fingerprint density at radius 2 is 1.83 bits per heavy atom. The first-order chi connectivity index (χ1) is 8.74. The van der Waals surface area contributed by atoms with Crippen LogP contribution in [-0.2, 0) is 0 Å². The molecule has 0 amide bonds. The number of rotatable bonds is 2. The second-order valence-corrected chi connectivity index (χ2v) is 4.40. The number of nitrogens with two attached hydrogens (primary N) is 1. The highest BCUT2D eigenvalue weighted by Gasteiger charge is 2.17. The highest BCUT2D eigenvalue weighted by Crippen LogP contribution is 2.34. The summed E-state index contributed by atoms with van der Waals surface area (Å²) in [5.74, 6) is 2.08. The van der Waals surface area contributed by atoms with Crippen molar-refractivity contribution in [1.29, 1.82) is 0 Å². The van der Waals surface area contributed by atoms with E-state index < -0.39 is 0 Å². The third-order valence-corrected chi connectivity index (χ3v) is 3.03. The molecule has 2 N–H and O–H groups in total. The van der Waals surface area contributed by atoms with Gasteiger partial charge in [-0.15, -0.1) is 0 Å². The summed E-state index contributed by atoms with van der Waals surface area (Å²) in [7, 11) is 0. The highest BCUT2D eigenvalue weighted by molar-refractivity contribution is 6.28. The van der Waals surface area contributed by atoms with E-state index in [9.17, 15) is 0 Å². The number of fused-ring (bicyclic) bond motifs is 1. The van der Waals surface area contributed by atoms with Crippen molar-refractivity contribution >= 4 is 11.6 Å². The van der Waals surface area contributed by atoms with Gasteiger partial charge in [0.25, 0.3) is 0 Å². The molecule has 2 aromatic rings. The molecule has 0 bridgehead atoms. The van der Waals surface area contributed by atoms with Crippen LogP contribution in [0.4, 0.5) is 0 Å². The average Bonchev–Trinajstić information content (AvgIpc) is 2.84. The SMILES string of the molecule is NC(c1ccc2c(c1)OCCO2)c1ccc(Cl)o1. The average molecular weight is 266 g/mol. The predicted octanol–water partition coefficient (Wildman–Crippen LogP) is 2.75. The fourth-order valence-corrected chi connectivity index (χ4v) is 2.07. The number of halogens is 1. The van der Waals surface area contributed by atoms with E-state index in [1.165, 1.54) is 0 Å². The first-order valence-electron chi connectivity index (χ1n) is 5.64. The van der Waals surface area contributed by atoms with Crippen molar-refractivity contribution in [3.8, 4) is 11.5 Å². The molecule has 1 aliphatic rings. The van der Waals surface area contributed by atoms with Crippen LogP contribution in [0, 0.1) is 0 Å². The molecule has 1 unspecified atom stereocenters. The van der Waals surface area contributed by atoms with Crippen molar-refractivity contribution < 1.29 is 13.9 Å². The van der Waals surface area contributed by atoms with Crippen LogP contribution in [0.15, 0.2) is 34.7 Å². The van der Waals surface area contributed by atoms with Crippen molar-refractivity contribution in [2.75, 3.05) is 13.2 Å². The second-order valence-electron chi connectivity index (χ2n) is 4.02. The van der Waals surface area contributed by atoms with E-state index in [4.69, 9.17) is 31.2 Å². The van der Waals surface area contributed by atoms with E-state index in [2.05, 4.69) is 0 Å². The summed E-state index contributed by atoms with van der Waals surface area (Å²) < 4.78 is 16.3.